The van der Waals surface area contributed by atoms with Crippen molar-refractivity contribution in [1.29, 1.82) is 0 Å². The van der Waals surface area contributed by atoms with Gasteiger partial charge in [0.05, 0.1) is 0 Å². The summed E-state index contributed by atoms with van der Waals surface area (Å²) in [6.07, 6.45) is 4.42. The van der Waals surface area contributed by atoms with Gasteiger partial charge in [0, 0.05) is 45.1 Å². The van der Waals surface area contributed by atoms with Crippen molar-refractivity contribution >= 4 is 27.0 Å². The van der Waals surface area contributed by atoms with Gasteiger partial charge in [0.1, 0.15) is 11.2 Å². The van der Waals surface area contributed by atoms with Crippen LogP contribution >= 0.6 is 0 Å². The number of aromatic nitrogens is 6. The molecule has 0 aliphatic carbocycles. The molecule has 26 heavy (non-hydrogen) atoms. The zero-order chi connectivity index (χ0) is 18.1. The molecule has 11 heteroatoms. The van der Waals surface area contributed by atoms with Crippen molar-refractivity contribution in [3.05, 3.63) is 30.9 Å². The minimum Gasteiger partial charge on any atom is -0.352 e. The number of piperazine rings is 1. The van der Waals surface area contributed by atoms with E-state index < -0.39 is 10.0 Å². The first-order valence-corrected chi connectivity index (χ1v) is 9.74. The van der Waals surface area contributed by atoms with Gasteiger partial charge in [-0.25, -0.2) is 23.1 Å². The molecule has 10 nitrogen and oxygen atoms in total. The lowest BCUT2D eigenvalue weighted by Gasteiger charge is -2.34. The molecule has 4 heterocycles. The third kappa shape index (κ3) is 2.78. The van der Waals surface area contributed by atoms with E-state index in [4.69, 9.17) is 0 Å². The van der Waals surface area contributed by atoms with Crippen LogP contribution in [0.25, 0.3) is 11.2 Å². The maximum Gasteiger partial charge on any atom is 0.244 e. The van der Waals surface area contributed by atoms with Gasteiger partial charge in [-0.05, 0) is 19.1 Å². The van der Waals surface area contributed by atoms with Crippen LogP contribution in [0.4, 0.5) is 5.82 Å². The van der Waals surface area contributed by atoms with Crippen molar-refractivity contribution in [3.63, 3.8) is 0 Å². The first-order valence-electron chi connectivity index (χ1n) is 8.30. The molecular weight excluding hydrogens is 356 g/mol. The number of fused-ring (bicyclic) bond motifs is 1. The quantitative estimate of drug-likeness (QED) is 0.634. The SMILES string of the molecule is CCn1nnc2c(N3CCN(S(=O)(=O)c4cccnc4)CC3)ncnc21. The van der Waals surface area contributed by atoms with Crippen LogP contribution in [-0.4, -0.2) is 68.8 Å². The van der Waals surface area contributed by atoms with Gasteiger partial charge in [-0.2, -0.15) is 4.31 Å². The number of hydrogen-bond acceptors (Lipinski definition) is 8. The van der Waals surface area contributed by atoms with E-state index in [1.54, 1.807) is 23.0 Å². The molecule has 4 rings (SSSR count). The van der Waals surface area contributed by atoms with E-state index in [2.05, 4.69) is 25.3 Å². The van der Waals surface area contributed by atoms with E-state index in [0.29, 0.717) is 49.7 Å². The average molecular weight is 374 g/mol. The molecule has 0 atom stereocenters. The molecule has 0 aromatic carbocycles. The summed E-state index contributed by atoms with van der Waals surface area (Å²) in [6, 6.07) is 3.18. The van der Waals surface area contributed by atoms with Crippen LogP contribution in [0.15, 0.2) is 35.7 Å². The van der Waals surface area contributed by atoms with E-state index in [-0.39, 0.29) is 4.90 Å². The lowest BCUT2D eigenvalue weighted by Crippen LogP contribution is -2.49. The van der Waals surface area contributed by atoms with E-state index in [9.17, 15) is 8.42 Å². The molecule has 3 aromatic rings. The first kappa shape index (κ1) is 16.8. The number of sulfonamides is 1. The van der Waals surface area contributed by atoms with Crippen LogP contribution in [0.2, 0.25) is 0 Å². The zero-order valence-electron chi connectivity index (χ0n) is 14.2. The normalized spacial score (nSPS) is 16.3. The highest BCUT2D eigenvalue weighted by atomic mass is 32.2. The third-order valence-corrected chi connectivity index (χ3v) is 6.27. The van der Waals surface area contributed by atoms with Crippen molar-refractivity contribution in [2.24, 2.45) is 0 Å². The Morgan fingerprint density at radius 3 is 2.65 bits per heavy atom. The van der Waals surface area contributed by atoms with Crippen LogP contribution in [0.5, 0.6) is 0 Å². The Labute approximate surface area is 150 Å². The molecule has 3 aromatic heterocycles. The molecule has 1 fully saturated rings. The number of aryl methyl sites for hydroxylation is 1. The summed E-state index contributed by atoms with van der Waals surface area (Å²) in [7, 11) is -3.53. The smallest absolute Gasteiger partial charge is 0.244 e. The fourth-order valence-electron chi connectivity index (χ4n) is 3.01. The number of anilines is 1. The van der Waals surface area contributed by atoms with E-state index in [1.807, 2.05) is 11.8 Å². The number of pyridine rings is 1. The topological polar surface area (TPSA) is 110 Å². The number of hydrogen-bond donors (Lipinski definition) is 0. The van der Waals surface area contributed by atoms with Crippen LogP contribution in [0.3, 0.4) is 0 Å². The van der Waals surface area contributed by atoms with Gasteiger partial charge in [-0.3, -0.25) is 4.98 Å². The Hall–Kier alpha value is -2.66. The van der Waals surface area contributed by atoms with Crippen molar-refractivity contribution in [1.82, 2.24) is 34.3 Å². The van der Waals surface area contributed by atoms with Crippen molar-refractivity contribution in [2.45, 2.75) is 18.4 Å². The molecule has 1 aliphatic rings. The summed E-state index contributed by atoms with van der Waals surface area (Å²) >= 11 is 0. The van der Waals surface area contributed by atoms with Crippen LogP contribution < -0.4 is 4.90 Å². The van der Waals surface area contributed by atoms with Crippen molar-refractivity contribution in [2.75, 3.05) is 31.1 Å². The van der Waals surface area contributed by atoms with Crippen LogP contribution in [-0.2, 0) is 16.6 Å². The van der Waals surface area contributed by atoms with Gasteiger partial charge >= 0.3 is 0 Å². The molecule has 0 amide bonds. The Morgan fingerprint density at radius 2 is 1.96 bits per heavy atom. The van der Waals surface area contributed by atoms with Gasteiger partial charge in [-0.15, -0.1) is 5.10 Å². The molecule has 0 saturated carbocycles. The highest BCUT2D eigenvalue weighted by Crippen LogP contribution is 2.23. The molecular formula is C15H18N8O2S. The van der Waals surface area contributed by atoms with E-state index in [1.165, 1.54) is 16.8 Å². The number of nitrogens with zero attached hydrogens (tertiary/aromatic N) is 8. The molecule has 0 bridgehead atoms. The second-order valence-electron chi connectivity index (χ2n) is 5.85. The summed E-state index contributed by atoms with van der Waals surface area (Å²) in [5.41, 5.74) is 1.32. The number of rotatable bonds is 4. The third-order valence-electron chi connectivity index (χ3n) is 4.39. The Morgan fingerprint density at radius 1 is 1.15 bits per heavy atom. The van der Waals surface area contributed by atoms with Crippen LogP contribution in [0.1, 0.15) is 6.92 Å². The second kappa shape index (κ2) is 6.57. The largest absolute Gasteiger partial charge is 0.352 e. The predicted octanol–water partition coefficient (Wildman–Crippen LogP) is 0.147. The Kier molecular flexibility index (Phi) is 4.24. The fraction of sp³-hybridized carbons (Fsp3) is 0.400. The predicted molar refractivity (Wildman–Crippen MR) is 94.0 cm³/mol. The van der Waals surface area contributed by atoms with Gasteiger partial charge in [-0.1, -0.05) is 5.21 Å². The summed E-state index contributed by atoms with van der Waals surface area (Å²) in [5, 5.41) is 8.27. The molecule has 136 valence electrons. The molecule has 0 unspecified atom stereocenters. The molecule has 0 spiro atoms. The summed E-state index contributed by atoms with van der Waals surface area (Å²) in [4.78, 5) is 14.7. The van der Waals surface area contributed by atoms with Gasteiger partial charge in [0.2, 0.25) is 10.0 Å². The minimum absolute atomic E-state index is 0.212. The summed E-state index contributed by atoms with van der Waals surface area (Å²) in [6.45, 7) is 4.41. The lowest BCUT2D eigenvalue weighted by atomic mass is 10.3. The van der Waals surface area contributed by atoms with E-state index >= 15 is 0 Å². The van der Waals surface area contributed by atoms with Gasteiger partial charge in [0.15, 0.2) is 17.0 Å². The Balaban J connectivity index is 1.55. The average Bonchev–Trinajstić information content (AvgIpc) is 3.12. The van der Waals surface area contributed by atoms with Gasteiger partial charge < -0.3 is 4.90 Å². The lowest BCUT2D eigenvalue weighted by molar-refractivity contribution is 0.384. The van der Waals surface area contributed by atoms with Crippen molar-refractivity contribution < 1.29 is 8.42 Å². The van der Waals surface area contributed by atoms with E-state index in [0.717, 1.165) is 0 Å². The highest BCUT2D eigenvalue weighted by molar-refractivity contribution is 7.89. The highest BCUT2D eigenvalue weighted by Gasteiger charge is 2.30. The molecule has 1 saturated heterocycles. The first-order chi connectivity index (χ1) is 12.6. The Bertz CT molecular complexity index is 1010. The monoisotopic (exact) mass is 374 g/mol. The van der Waals surface area contributed by atoms with Crippen molar-refractivity contribution in [3.8, 4) is 0 Å². The standard InChI is InChI=1S/C15H18N8O2S/c1-2-23-15-13(19-20-23)14(17-11-18-15)21-6-8-22(9-7-21)26(24,25)12-4-3-5-16-10-12/h3-5,10-11H,2,6-9H2,1H3. The maximum atomic E-state index is 12.7. The minimum atomic E-state index is -3.53. The second-order valence-corrected chi connectivity index (χ2v) is 7.79. The fourth-order valence-corrected chi connectivity index (χ4v) is 4.40. The van der Waals surface area contributed by atoms with Gasteiger partial charge in [0.25, 0.3) is 0 Å². The molecule has 0 N–H and O–H groups in total. The maximum absolute atomic E-state index is 12.7. The molecule has 1 aliphatic heterocycles. The van der Waals surface area contributed by atoms with Crippen LogP contribution in [0, 0.1) is 0 Å². The zero-order valence-corrected chi connectivity index (χ0v) is 15.0. The summed E-state index contributed by atoms with van der Waals surface area (Å²) < 4.78 is 28.6. The molecule has 0 radical (unpaired) electrons. The summed E-state index contributed by atoms with van der Waals surface area (Å²) in [5.74, 6) is 0.688.